The average Bonchev–Trinajstić information content (AvgIpc) is 2.93. The molecule has 2 rings (SSSR count). The Morgan fingerprint density at radius 2 is 2.18 bits per heavy atom. The third kappa shape index (κ3) is 4.24. The quantitative estimate of drug-likeness (QED) is 0.852. The van der Waals surface area contributed by atoms with Crippen LogP contribution in [0.3, 0.4) is 0 Å². The number of nitrogens with zero attached hydrogens (tertiary/aromatic N) is 3. The van der Waals surface area contributed by atoms with E-state index >= 15 is 0 Å². The number of amides is 1. The summed E-state index contributed by atoms with van der Waals surface area (Å²) in [5, 5.41) is 0. The molecule has 0 spiro atoms. The van der Waals surface area contributed by atoms with E-state index in [1.54, 1.807) is 11.1 Å². The Bertz CT molecular complexity index is 510. The topological polar surface area (TPSA) is 38.1 Å². The molecule has 1 aliphatic rings. The first-order valence-electron chi connectivity index (χ1n) is 7.65. The lowest BCUT2D eigenvalue weighted by Crippen LogP contribution is -2.40. The predicted octanol–water partition coefficient (Wildman–Crippen LogP) is 3.51. The summed E-state index contributed by atoms with van der Waals surface area (Å²) >= 11 is 0. The van der Waals surface area contributed by atoms with Crippen LogP contribution in [0.25, 0.3) is 0 Å². The molecule has 0 aliphatic carbocycles. The van der Waals surface area contributed by atoms with E-state index in [1.807, 2.05) is 6.20 Å². The maximum atomic E-state index is 12.2. The average molecular weight is 317 g/mol. The van der Waals surface area contributed by atoms with E-state index in [9.17, 15) is 18.0 Å². The minimum absolute atomic E-state index is 0.0981. The first kappa shape index (κ1) is 16.8. The van der Waals surface area contributed by atoms with Gasteiger partial charge in [-0.05, 0) is 26.7 Å². The number of likely N-dealkylation sites (tertiary alicyclic amines) is 1. The van der Waals surface area contributed by atoms with Crippen LogP contribution in [0.4, 0.5) is 13.2 Å². The van der Waals surface area contributed by atoms with Gasteiger partial charge in [-0.15, -0.1) is 0 Å². The summed E-state index contributed by atoms with van der Waals surface area (Å²) in [5.74, 6) is 0.606. The van der Waals surface area contributed by atoms with Crippen molar-refractivity contribution in [2.45, 2.75) is 57.7 Å². The summed E-state index contributed by atoms with van der Waals surface area (Å²) in [6.45, 7) is 5.11. The zero-order valence-corrected chi connectivity index (χ0v) is 12.9. The van der Waals surface area contributed by atoms with Crippen LogP contribution in [0.1, 0.15) is 57.3 Å². The zero-order valence-electron chi connectivity index (χ0n) is 12.9. The van der Waals surface area contributed by atoms with Gasteiger partial charge in [0.05, 0.1) is 6.42 Å². The fourth-order valence-electron chi connectivity index (χ4n) is 2.90. The van der Waals surface area contributed by atoms with Crippen molar-refractivity contribution in [3.8, 4) is 0 Å². The third-order valence-corrected chi connectivity index (χ3v) is 4.02. The molecule has 1 aliphatic heterocycles. The standard InChI is InChI=1S/C15H22F3N3O/c1-11(2)21-9-7-19-14(21)12-4-3-8-20(10-12)13(22)5-6-15(16,17)18/h7,9,11-12H,3-6,8,10H2,1-2H3/t12-/m0/s1. The Labute approximate surface area is 128 Å². The Balaban J connectivity index is 1.99. The second kappa shape index (κ2) is 6.71. The summed E-state index contributed by atoms with van der Waals surface area (Å²) in [7, 11) is 0. The van der Waals surface area contributed by atoms with Gasteiger partial charge in [0.15, 0.2) is 0 Å². The van der Waals surface area contributed by atoms with Crippen molar-refractivity contribution in [3.63, 3.8) is 0 Å². The molecule has 7 heteroatoms. The molecular weight excluding hydrogens is 295 g/mol. The van der Waals surface area contributed by atoms with Gasteiger partial charge in [-0.2, -0.15) is 13.2 Å². The summed E-state index contributed by atoms with van der Waals surface area (Å²) in [4.78, 5) is 17.9. The monoisotopic (exact) mass is 317 g/mol. The Morgan fingerprint density at radius 3 is 2.82 bits per heavy atom. The van der Waals surface area contributed by atoms with Crippen molar-refractivity contribution in [2.75, 3.05) is 13.1 Å². The highest BCUT2D eigenvalue weighted by molar-refractivity contribution is 5.76. The van der Waals surface area contributed by atoms with Crippen LogP contribution in [0, 0.1) is 0 Å². The molecule has 0 saturated carbocycles. The summed E-state index contributed by atoms with van der Waals surface area (Å²) in [6.07, 6.45) is -0.439. The van der Waals surface area contributed by atoms with Gasteiger partial charge in [0, 0.05) is 43.9 Å². The van der Waals surface area contributed by atoms with Crippen LogP contribution in [0.15, 0.2) is 12.4 Å². The number of piperidine rings is 1. The van der Waals surface area contributed by atoms with E-state index in [-0.39, 0.29) is 12.0 Å². The number of rotatable bonds is 4. The van der Waals surface area contributed by atoms with Gasteiger partial charge >= 0.3 is 6.18 Å². The lowest BCUT2D eigenvalue weighted by atomic mass is 9.96. The summed E-state index contributed by atoms with van der Waals surface area (Å²) < 4.78 is 38.8. The van der Waals surface area contributed by atoms with Gasteiger partial charge in [0.1, 0.15) is 5.82 Å². The van der Waals surface area contributed by atoms with Crippen LogP contribution in [0.5, 0.6) is 0 Å². The largest absolute Gasteiger partial charge is 0.389 e. The lowest BCUT2D eigenvalue weighted by Gasteiger charge is -2.33. The Morgan fingerprint density at radius 1 is 1.45 bits per heavy atom. The molecule has 1 fully saturated rings. The highest BCUT2D eigenvalue weighted by Crippen LogP contribution is 2.29. The molecule has 0 N–H and O–H groups in total. The molecule has 1 amide bonds. The number of imidazole rings is 1. The van der Waals surface area contributed by atoms with Crippen LogP contribution in [-0.4, -0.2) is 39.6 Å². The van der Waals surface area contributed by atoms with Crippen LogP contribution >= 0.6 is 0 Å². The number of halogens is 3. The Hall–Kier alpha value is -1.53. The molecule has 0 aromatic carbocycles. The van der Waals surface area contributed by atoms with E-state index < -0.39 is 24.9 Å². The highest BCUT2D eigenvalue weighted by Gasteiger charge is 2.32. The lowest BCUT2D eigenvalue weighted by molar-refractivity contribution is -0.149. The molecule has 0 bridgehead atoms. The van der Waals surface area contributed by atoms with E-state index in [0.717, 1.165) is 18.7 Å². The van der Waals surface area contributed by atoms with Crippen molar-refractivity contribution >= 4 is 5.91 Å². The van der Waals surface area contributed by atoms with Crippen LogP contribution in [0.2, 0.25) is 0 Å². The molecule has 1 aromatic rings. The van der Waals surface area contributed by atoms with Crippen LogP contribution in [-0.2, 0) is 4.79 Å². The fraction of sp³-hybridized carbons (Fsp3) is 0.733. The third-order valence-electron chi connectivity index (χ3n) is 4.02. The Kier molecular flexibility index (Phi) is 5.13. The second-order valence-corrected chi connectivity index (χ2v) is 6.08. The van der Waals surface area contributed by atoms with Gasteiger partial charge in [0.2, 0.25) is 5.91 Å². The van der Waals surface area contributed by atoms with Gasteiger partial charge in [0.25, 0.3) is 0 Å². The van der Waals surface area contributed by atoms with Crippen molar-refractivity contribution in [1.29, 1.82) is 0 Å². The smallest absolute Gasteiger partial charge is 0.342 e. The minimum atomic E-state index is -4.28. The molecule has 0 unspecified atom stereocenters. The van der Waals surface area contributed by atoms with E-state index in [2.05, 4.69) is 23.4 Å². The van der Waals surface area contributed by atoms with Crippen molar-refractivity contribution in [3.05, 3.63) is 18.2 Å². The number of aromatic nitrogens is 2. The van der Waals surface area contributed by atoms with E-state index in [0.29, 0.717) is 13.1 Å². The van der Waals surface area contributed by atoms with Gasteiger partial charge in [-0.25, -0.2) is 4.98 Å². The van der Waals surface area contributed by atoms with Crippen LogP contribution < -0.4 is 0 Å². The maximum Gasteiger partial charge on any atom is 0.389 e. The molecule has 0 radical (unpaired) electrons. The fourth-order valence-corrected chi connectivity index (χ4v) is 2.90. The SMILES string of the molecule is CC(C)n1ccnc1[C@H]1CCCN(C(=O)CCC(F)(F)F)C1. The van der Waals surface area contributed by atoms with Gasteiger partial charge in [-0.1, -0.05) is 0 Å². The number of hydrogen-bond donors (Lipinski definition) is 0. The van der Waals surface area contributed by atoms with E-state index in [4.69, 9.17) is 0 Å². The normalized spacial score (nSPS) is 19.7. The molecule has 1 aromatic heterocycles. The van der Waals surface area contributed by atoms with Gasteiger partial charge < -0.3 is 9.47 Å². The maximum absolute atomic E-state index is 12.2. The van der Waals surface area contributed by atoms with Crippen molar-refractivity contribution in [1.82, 2.24) is 14.5 Å². The molecule has 2 heterocycles. The van der Waals surface area contributed by atoms with Crippen molar-refractivity contribution < 1.29 is 18.0 Å². The molecule has 4 nitrogen and oxygen atoms in total. The molecule has 22 heavy (non-hydrogen) atoms. The highest BCUT2D eigenvalue weighted by atomic mass is 19.4. The predicted molar refractivity (Wildman–Crippen MR) is 76.5 cm³/mol. The first-order valence-corrected chi connectivity index (χ1v) is 7.65. The molecule has 124 valence electrons. The molecular formula is C15H22F3N3O. The number of carbonyl (C=O) groups excluding carboxylic acids is 1. The number of carbonyl (C=O) groups is 1. The molecule has 1 saturated heterocycles. The zero-order chi connectivity index (χ0) is 16.3. The second-order valence-electron chi connectivity index (χ2n) is 6.08. The molecule has 1 atom stereocenters. The minimum Gasteiger partial charge on any atom is -0.342 e. The van der Waals surface area contributed by atoms with Gasteiger partial charge in [-0.3, -0.25) is 4.79 Å². The first-order chi connectivity index (χ1) is 10.3. The summed E-state index contributed by atoms with van der Waals surface area (Å²) in [5.41, 5.74) is 0. The van der Waals surface area contributed by atoms with Crippen molar-refractivity contribution in [2.24, 2.45) is 0 Å². The van der Waals surface area contributed by atoms with E-state index in [1.165, 1.54) is 0 Å². The number of alkyl halides is 3. The summed E-state index contributed by atoms with van der Waals surface area (Å²) in [6, 6.07) is 0.272. The number of hydrogen-bond acceptors (Lipinski definition) is 2.